The molecule has 0 amide bonds. The van der Waals surface area contributed by atoms with Crippen LogP contribution >= 0.6 is 0 Å². The molecule has 2 aromatic rings. The van der Waals surface area contributed by atoms with Crippen molar-refractivity contribution in [3.05, 3.63) is 58.9 Å². The lowest BCUT2D eigenvalue weighted by Crippen LogP contribution is -2.16. The van der Waals surface area contributed by atoms with E-state index in [0.717, 1.165) is 11.1 Å². The quantitative estimate of drug-likeness (QED) is 0.917. The minimum Gasteiger partial charge on any atom is -0.495 e. The third kappa shape index (κ3) is 3.98. The van der Waals surface area contributed by atoms with E-state index in [9.17, 15) is 12.8 Å². The Kier molecular flexibility index (Phi) is 4.71. The van der Waals surface area contributed by atoms with E-state index >= 15 is 0 Å². The molecule has 6 heteroatoms. The molecule has 0 atom stereocenters. The van der Waals surface area contributed by atoms with Crippen LogP contribution in [0, 0.1) is 19.7 Å². The van der Waals surface area contributed by atoms with E-state index in [1.54, 1.807) is 6.07 Å². The summed E-state index contributed by atoms with van der Waals surface area (Å²) in [5, 5.41) is 0. The third-order valence-corrected chi connectivity index (χ3v) is 4.42. The number of hydrogen-bond acceptors (Lipinski definition) is 3. The van der Waals surface area contributed by atoms with E-state index in [-0.39, 0.29) is 5.75 Å². The Hall–Kier alpha value is -2.08. The fourth-order valence-electron chi connectivity index (χ4n) is 2.21. The Bertz CT molecular complexity index is 771. The van der Waals surface area contributed by atoms with Crippen molar-refractivity contribution in [2.45, 2.75) is 19.6 Å². The summed E-state index contributed by atoms with van der Waals surface area (Å²) in [6.07, 6.45) is 0. The molecule has 22 heavy (non-hydrogen) atoms. The van der Waals surface area contributed by atoms with Crippen molar-refractivity contribution >= 4 is 15.7 Å². The molecule has 4 nitrogen and oxygen atoms in total. The van der Waals surface area contributed by atoms with Crippen LogP contribution in [0.5, 0.6) is 5.75 Å². The first-order chi connectivity index (χ1) is 10.3. The van der Waals surface area contributed by atoms with Crippen molar-refractivity contribution in [3.63, 3.8) is 0 Å². The van der Waals surface area contributed by atoms with E-state index in [1.807, 2.05) is 19.9 Å². The molecule has 0 bridgehead atoms. The minimum atomic E-state index is -3.62. The first kappa shape index (κ1) is 16.3. The normalized spacial score (nSPS) is 11.3. The minimum absolute atomic E-state index is 0.232. The number of methoxy groups -OCH3 is 1. The highest BCUT2D eigenvalue weighted by Gasteiger charge is 2.17. The number of nitrogens with one attached hydrogen (secondary N) is 1. The summed E-state index contributed by atoms with van der Waals surface area (Å²) in [4.78, 5) is 0. The maximum absolute atomic E-state index is 12.9. The van der Waals surface area contributed by atoms with Crippen LogP contribution in [-0.2, 0) is 15.8 Å². The Morgan fingerprint density at radius 2 is 1.77 bits per heavy atom. The second kappa shape index (κ2) is 6.36. The number of halogens is 1. The van der Waals surface area contributed by atoms with Gasteiger partial charge in [0.1, 0.15) is 11.6 Å². The summed E-state index contributed by atoms with van der Waals surface area (Å²) in [5.74, 6) is -0.158. The molecule has 2 aromatic carbocycles. The van der Waals surface area contributed by atoms with E-state index in [2.05, 4.69) is 4.72 Å². The Morgan fingerprint density at radius 3 is 2.36 bits per heavy atom. The Labute approximate surface area is 130 Å². The number of sulfonamides is 1. The van der Waals surface area contributed by atoms with Crippen molar-refractivity contribution in [1.82, 2.24) is 0 Å². The van der Waals surface area contributed by atoms with Crippen molar-refractivity contribution < 1.29 is 17.5 Å². The molecule has 0 saturated carbocycles. The smallest absolute Gasteiger partial charge is 0.237 e. The topological polar surface area (TPSA) is 55.4 Å². The Morgan fingerprint density at radius 1 is 1.14 bits per heavy atom. The van der Waals surface area contributed by atoms with Gasteiger partial charge in [0.15, 0.2) is 0 Å². The van der Waals surface area contributed by atoms with Crippen LogP contribution < -0.4 is 9.46 Å². The van der Waals surface area contributed by atoms with Crippen LogP contribution in [0.2, 0.25) is 0 Å². The van der Waals surface area contributed by atoms with Gasteiger partial charge in [-0.25, -0.2) is 12.8 Å². The number of ether oxygens (including phenoxy) is 1. The average Bonchev–Trinajstić information content (AvgIpc) is 2.44. The first-order valence-corrected chi connectivity index (χ1v) is 8.36. The molecule has 0 aliphatic rings. The number of rotatable bonds is 5. The average molecular weight is 323 g/mol. The summed E-state index contributed by atoms with van der Waals surface area (Å²) in [6, 6.07) is 9.02. The zero-order chi connectivity index (χ0) is 16.3. The van der Waals surface area contributed by atoms with Gasteiger partial charge in [-0.3, -0.25) is 4.72 Å². The summed E-state index contributed by atoms with van der Waals surface area (Å²) in [6.45, 7) is 3.72. The predicted molar refractivity (Wildman–Crippen MR) is 85.1 cm³/mol. The fourth-order valence-corrected chi connectivity index (χ4v) is 3.49. The second-order valence-corrected chi connectivity index (χ2v) is 6.87. The maximum Gasteiger partial charge on any atom is 0.237 e. The van der Waals surface area contributed by atoms with Crippen molar-refractivity contribution in [1.29, 1.82) is 0 Å². The van der Waals surface area contributed by atoms with Gasteiger partial charge in [0.05, 0.1) is 18.6 Å². The zero-order valence-corrected chi connectivity index (χ0v) is 13.5. The van der Waals surface area contributed by atoms with Gasteiger partial charge < -0.3 is 4.74 Å². The molecule has 1 N–H and O–H groups in total. The molecule has 0 saturated heterocycles. The Balaban J connectivity index is 2.27. The van der Waals surface area contributed by atoms with Crippen LogP contribution in [0.25, 0.3) is 0 Å². The molecule has 0 spiro atoms. The third-order valence-electron chi connectivity index (χ3n) is 3.19. The second-order valence-electron chi connectivity index (χ2n) is 5.15. The van der Waals surface area contributed by atoms with E-state index in [1.165, 1.54) is 31.4 Å². The van der Waals surface area contributed by atoms with E-state index in [0.29, 0.717) is 17.0 Å². The van der Waals surface area contributed by atoms with Crippen molar-refractivity contribution in [2.75, 3.05) is 11.8 Å². The highest BCUT2D eigenvalue weighted by atomic mass is 32.2. The number of benzene rings is 2. The summed E-state index contributed by atoms with van der Waals surface area (Å²) in [5.41, 5.74) is 2.70. The van der Waals surface area contributed by atoms with Crippen LogP contribution in [0.4, 0.5) is 10.1 Å². The van der Waals surface area contributed by atoms with Crippen LogP contribution in [0.3, 0.4) is 0 Å². The highest BCUT2D eigenvalue weighted by Crippen LogP contribution is 2.31. The molecule has 0 aromatic heterocycles. The lowest BCUT2D eigenvalue weighted by Gasteiger charge is -2.15. The maximum atomic E-state index is 12.9. The van der Waals surface area contributed by atoms with E-state index in [4.69, 9.17) is 4.74 Å². The molecular formula is C16H18FNO3S. The summed E-state index contributed by atoms with van der Waals surface area (Å²) < 4.78 is 45.3. The standard InChI is InChI=1S/C16H18FNO3S/c1-11-8-12(2)16(15(9-11)21-3)18-22(19,20)10-13-4-6-14(17)7-5-13/h4-9,18H,10H2,1-3H3. The predicted octanol–water partition coefficient (Wildman–Crippen LogP) is 3.39. The zero-order valence-electron chi connectivity index (χ0n) is 12.7. The molecular weight excluding hydrogens is 305 g/mol. The lowest BCUT2D eigenvalue weighted by molar-refractivity contribution is 0.416. The first-order valence-electron chi connectivity index (χ1n) is 6.71. The van der Waals surface area contributed by atoms with Crippen molar-refractivity contribution in [3.8, 4) is 5.75 Å². The molecule has 0 unspecified atom stereocenters. The molecule has 0 aliphatic heterocycles. The summed E-state index contributed by atoms with van der Waals surface area (Å²) in [7, 11) is -2.13. The lowest BCUT2D eigenvalue weighted by atomic mass is 10.1. The molecule has 0 heterocycles. The number of hydrogen-bond donors (Lipinski definition) is 1. The van der Waals surface area contributed by atoms with Gasteiger partial charge >= 0.3 is 0 Å². The van der Waals surface area contributed by atoms with Gasteiger partial charge in [0, 0.05) is 0 Å². The van der Waals surface area contributed by atoms with Gasteiger partial charge in [0.25, 0.3) is 0 Å². The van der Waals surface area contributed by atoms with Gasteiger partial charge in [-0.05, 0) is 48.7 Å². The van der Waals surface area contributed by atoms with Crippen molar-refractivity contribution in [2.24, 2.45) is 0 Å². The monoisotopic (exact) mass is 323 g/mol. The SMILES string of the molecule is COc1cc(C)cc(C)c1NS(=O)(=O)Cc1ccc(F)cc1. The largest absolute Gasteiger partial charge is 0.495 e. The molecule has 118 valence electrons. The van der Waals surface area contributed by atoms with Gasteiger partial charge in [-0.15, -0.1) is 0 Å². The molecule has 2 rings (SSSR count). The molecule has 0 radical (unpaired) electrons. The van der Waals surface area contributed by atoms with Crippen LogP contribution in [-0.4, -0.2) is 15.5 Å². The van der Waals surface area contributed by atoms with Crippen LogP contribution in [0.15, 0.2) is 36.4 Å². The molecule has 0 aliphatic carbocycles. The van der Waals surface area contributed by atoms with Crippen LogP contribution in [0.1, 0.15) is 16.7 Å². The number of anilines is 1. The van der Waals surface area contributed by atoms with Gasteiger partial charge in [-0.2, -0.15) is 0 Å². The van der Waals surface area contributed by atoms with E-state index < -0.39 is 15.8 Å². The van der Waals surface area contributed by atoms with Gasteiger partial charge in [0.2, 0.25) is 10.0 Å². The number of aryl methyl sites for hydroxylation is 2. The van der Waals surface area contributed by atoms with Gasteiger partial charge in [-0.1, -0.05) is 18.2 Å². The summed E-state index contributed by atoms with van der Waals surface area (Å²) >= 11 is 0. The highest BCUT2D eigenvalue weighted by molar-refractivity contribution is 7.91. The molecule has 0 fully saturated rings. The fraction of sp³-hybridized carbons (Fsp3) is 0.250.